The summed E-state index contributed by atoms with van der Waals surface area (Å²) in [6.07, 6.45) is -0.745. The van der Waals surface area contributed by atoms with Crippen LogP contribution in [-0.2, 0) is 23.8 Å². The zero-order valence-electron chi connectivity index (χ0n) is 15.9. The van der Waals surface area contributed by atoms with Crippen LogP contribution in [0.4, 0.5) is 4.79 Å². The van der Waals surface area contributed by atoms with Gasteiger partial charge in [-0.05, 0) is 40.2 Å². The van der Waals surface area contributed by atoms with E-state index in [1.807, 2.05) is 0 Å². The van der Waals surface area contributed by atoms with Gasteiger partial charge in [-0.1, -0.05) is 30.3 Å². The second-order valence-corrected chi connectivity index (χ2v) is 6.52. The molecule has 0 fully saturated rings. The second-order valence-electron chi connectivity index (χ2n) is 6.52. The molecule has 1 aromatic carbocycles. The van der Waals surface area contributed by atoms with Crippen molar-refractivity contribution in [1.82, 2.24) is 5.32 Å². The fraction of sp³-hybridized carbons (Fsp3) is 0.526. The molecule has 0 aliphatic rings. The Hall–Kier alpha value is -2.57. The number of carbonyl (C=O) groups is 3. The number of nitrogens with one attached hydrogen (secondary N) is 1. The molecule has 1 amide bonds. The first-order valence-corrected chi connectivity index (χ1v) is 8.57. The summed E-state index contributed by atoms with van der Waals surface area (Å²) in [7, 11) is 0. The third kappa shape index (κ3) is 6.74. The van der Waals surface area contributed by atoms with Crippen molar-refractivity contribution in [2.75, 3.05) is 13.2 Å². The number of amides is 1. The number of hydrogen-bond donors (Lipinski definition) is 1. The molecule has 1 unspecified atom stereocenters. The predicted molar refractivity (Wildman–Crippen MR) is 95.3 cm³/mol. The first-order chi connectivity index (χ1) is 12.2. The molecule has 0 saturated carbocycles. The lowest BCUT2D eigenvalue weighted by molar-refractivity contribution is -0.163. The van der Waals surface area contributed by atoms with Crippen molar-refractivity contribution in [2.45, 2.75) is 46.3 Å². The Balaban J connectivity index is 3.23. The Morgan fingerprint density at radius 2 is 1.46 bits per heavy atom. The van der Waals surface area contributed by atoms with E-state index in [1.165, 1.54) is 0 Å². The van der Waals surface area contributed by atoms with E-state index in [0.29, 0.717) is 5.56 Å². The number of esters is 2. The molecule has 0 saturated heterocycles. The smallest absolute Gasteiger partial charge is 0.408 e. The van der Waals surface area contributed by atoms with Crippen LogP contribution in [0, 0.1) is 5.92 Å². The summed E-state index contributed by atoms with van der Waals surface area (Å²) in [5, 5.41) is 2.61. The lowest BCUT2D eigenvalue weighted by atomic mass is 9.93. The molecule has 0 radical (unpaired) electrons. The van der Waals surface area contributed by atoms with Gasteiger partial charge in [0.1, 0.15) is 5.60 Å². The summed E-state index contributed by atoms with van der Waals surface area (Å²) in [5.41, 5.74) is -0.168. The molecule has 1 rings (SSSR count). The van der Waals surface area contributed by atoms with Crippen LogP contribution < -0.4 is 5.32 Å². The molecule has 0 spiro atoms. The van der Waals surface area contributed by atoms with Crippen LogP contribution in [0.3, 0.4) is 0 Å². The highest BCUT2D eigenvalue weighted by molar-refractivity contribution is 5.96. The number of carbonyl (C=O) groups excluding carboxylic acids is 3. The van der Waals surface area contributed by atoms with Gasteiger partial charge in [0.15, 0.2) is 5.92 Å². The SMILES string of the molecule is CCOC(=O)C(C(=O)OCC)C(NC(=O)OC(C)(C)C)c1ccccc1. The predicted octanol–water partition coefficient (Wildman–Crippen LogP) is 2.99. The molecule has 7 nitrogen and oxygen atoms in total. The van der Waals surface area contributed by atoms with Gasteiger partial charge >= 0.3 is 18.0 Å². The number of benzene rings is 1. The molecule has 0 bridgehead atoms. The maximum Gasteiger partial charge on any atom is 0.408 e. The minimum atomic E-state index is -1.34. The molecule has 1 aromatic rings. The van der Waals surface area contributed by atoms with Crippen LogP contribution >= 0.6 is 0 Å². The summed E-state index contributed by atoms with van der Waals surface area (Å²) >= 11 is 0. The largest absolute Gasteiger partial charge is 0.465 e. The summed E-state index contributed by atoms with van der Waals surface area (Å²) in [5.74, 6) is -2.88. The number of hydrogen-bond acceptors (Lipinski definition) is 6. The van der Waals surface area contributed by atoms with Crippen molar-refractivity contribution in [3.63, 3.8) is 0 Å². The van der Waals surface area contributed by atoms with Gasteiger partial charge in [-0.2, -0.15) is 0 Å². The molecule has 0 aromatic heterocycles. The minimum Gasteiger partial charge on any atom is -0.465 e. The van der Waals surface area contributed by atoms with Crippen LogP contribution in [0.25, 0.3) is 0 Å². The molecule has 0 aliphatic carbocycles. The maximum absolute atomic E-state index is 12.4. The summed E-state index contributed by atoms with van der Waals surface area (Å²) < 4.78 is 15.3. The second kappa shape index (κ2) is 9.79. The molecule has 7 heteroatoms. The highest BCUT2D eigenvalue weighted by Gasteiger charge is 2.40. The molecule has 26 heavy (non-hydrogen) atoms. The summed E-state index contributed by atoms with van der Waals surface area (Å²) in [4.78, 5) is 37.1. The van der Waals surface area contributed by atoms with Gasteiger partial charge in [-0.15, -0.1) is 0 Å². The normalized spacial score (nSPS) is 12.2. The third-order valence-electron chi connectivity index (χ3n) is 3.25. The molecule has 0 aliphatic heterocycles. The van der Waals surface area contributed by atoms with Gasteiger partial charge in [0, 0.05) is 0 Å². The molecule has 0 heterocycles. The first kappa shape index (κ1) is 21.5. The minimum absolute atomic E-state index is 0.0999. The third-order valence-corrected chi connectivity index (χ3v) is 3.25. The van der Waals surface area contributed by atoms with Crippen LogP contribution in [0.15, 0.2) is 30.3 Å². The summed E-state index contributed by atoms with van der Waals surface area (Å²) in [6, 6.07) is 7.70. The fourth-order valence-corrected chi connectivity index (χ4v) is 2.29. The van der Waals surface area contributed by atoms with E-state index in [-0.39, 0.29) is 13.2 Å². The standard InChI is InChI=1S/C19H27NO6/c1-6-24-16(21)14(17(22)25-7-2)15(13-11-9-8-10-12-13)20-18(23)26-19(3,4)5/h8-12,14-15H,6-7H2,1-5H3,(H,20,23). The van der Waals surface area contributed by atoms with E-state index < -0.39 is 35.6 Å². The van der Waals surface area contributed by atoms with E-state index >= 15 is 0 Å². The van der Waals surface area contributed by atoms with Gasteiger partial charge in [-0.25, -0.2) is 4.79 Å². The molecule has 144 valence electrons. The summed E-state index contributed by atoms with van der Waals surface area (Å²) in [6.45, 7) is 8.64. The Labute approximate surface area is 154 Å². The Morgan fingerprint density at radius 3 is 1.88 bits per heavy atom. The number of ether oxygens (including phenoxy) is 3. The maximum atomic E-state index is 12.4. The quantitative estimate of drug-likeness (QED) is 0.454. The van der Waals surface area contributed by atoms with Gasteiger partial charge < -0.3 is 19.5 Å². The molecular weight excluding hydrogens is 338 g/mol. The van der Waals surface area contributed by atoms with E-state index in [2.05, 4.69) is 5.32 Å². The monoisotopic (exact) mass is 365 g/mol. The van der Waals surface area contributed by atoms with Crippen molar-refractivity contribution in [1.29, 1.82) is 0 Å². The zero-order valence-corrected chi connectivity index (χ0v) is 15.9. The van der Waals surface area contributed by atoms with Gasteiger partial charge in [-0.3, -0.25) is 9.59 Å². The molecular formula is C19H27NO6. The Bertz CT molecular complexity index is 590. The first-order valence-electron chi connectivity index (χ1n) is 8.57. The average Bonchev–Trinajstić information content (AvgIpc) is 2.54. The average molecular weight is 365 g/mol. The van der Waals surface area contributed by atoms with Crippen molar-refractivity contribution in [2.24, 2.45) is 5.92 Å². The molecule has 1 N–H and O–H groups in total. The van der Waals surface area contributed by atoms with E-state index in [4.69, 9.17) is 14.2 Å². The Kier molecular flexibility index (Phi) is 8.09. The van der Waals surface area contributed by atoms with Crippen molar-refractivity contribution in [3.8, 4) is 0 Å². The zero-order chi connectivity index (χ0) is 19.7. The lowest BCUT2D eigenvalue weighted by Gasteiger charge is -2.27. The van der Waals surface area contributed by atoms with Crippen LogP contribution in [0.2, 0.25) is 0 Å². The van der Waals surface area contributed by atoms with Crippen LogP contribution in [-0.4, -0.2) is 36.8 Å². The van der Waals surface area contributed by atoms with Gasteiger partial charge in [0.2, 0.25) is 0 Å². The molecule has 1 atom stereocenters. The topological polar surface area (TPSA) is 90.9 Å². The van der Waals surface area contributed by atoms with E-state index in [0.717, 1.165) is 0 Å². The highest BCUT2D eigenvalue weighted by atomic mass is 16.6. The van der Waals surface area contributed by atoms with Crippen molar-refractivity contribution < 1.29 is 28.6 Å². The Morgan fingerprint density at radius 1 is 0.962 bits per heavy atom. The van der Waals surface area contributed by atoms with Gasteiger partial charge in [0.05, 0.1) is 19.3 Å². The van der Waals surface area contributed by atoms with Crippen LogP contribution in [0.5, 0.6) is 0 Å². The fourth-order valence-electron chi connectivity index (χ4n) is 2.29. The van der Waals surface area contributed by atoms with E-state index in [1.54, 1.807) is 65.0 Å². The van der Waals surface area contributed by atoms with Gasteiger partial charge in [0.25, 0.3) is 0 Å². The lowest BCUT2D eigenvalue weighted by Crippen LogP contribution is -2.44. The highest BCUT2D eigenvalue weighted by Crippen LogP contribution is 2.26. The van der Waals surface area contributed by atoms with Crippen LogP contribution in [0.1, 0.15) is 46.2 Å². The van der Waals surface area contributed by atoms with E-state index in [9.17, 15) is 14.4 Å². The number of rotatable bonds is 7. The van der Waals surface area contributed by atoms with Crippen molar-refractivity contribution >= 4 is 18.0 Å². The van der Waals surface area contributed by atoms with Crippen molar-refractivity contribution in [3.05, 3.63) is 35.9 Å². The number of alkyl carbamates (subject to hydrolysis) is 1.